The zero-order valence-corrected chi connectivity index (χ0v) is 16.4. The molecule has 2 N–H and O–H groups in total. The number of rotatable bonds is 6. The van der Waals surface area contributed by atoms with Crippen LogP contribution in [-0.4, -0.2) is 43.6 Å². The molecule has 0 radical (unpaired) electrons. The van der Waals surface area contributed by atoms with Crippen molar-refractivity contribution in [3.8, 4) is 5.75 Å². The van der Waals surface area contributed by atoms with E-state index in [-0.39, 0.29) is 32.9 Å². The van der Waals surface area contributed by atoms with E-state index in [1.165, 1.54) is 30.1 Å². The number of benzene rings is 1. The van der Waals surface area contributed by atoms with E-state index < -0.39 is 24.2 Å². The molecule has 2 aromatic heterocycles. The minimum Gasteiger partial charge on any atom is -0.433 e. The topological polar surface area (TPSA) is 124 Å². The molecule has 0 aliphatic carbocycles. The molecule has 0 atom stereocenters. The minimum absolute atomic E-state index is 0.00910. The first-order valence-corrected chi connectivity index (χ1v) is 8.76. The number of alkyl halides is 2. The first-order chi connectivity index (χ1) is 14.3. The number of ether oxygens (including phenoxy) is 1. The summed E-state index contributed by atoms with van der Waals surface area (Å²) in [6, 6.07) is 5.12. The zero-order valence-electron chi connectivity index (χ0n) is 14.9. The largest absolute Gasteiger partial charge is 0.433 e. The van der Waals surface area contributed by atoms with Crippen LogP contribution < -0.4 is 15.4 Å². The van der Waals surface area contributed by atoms with Crippen LogP contribution in [0.4, 0.5) is 20.4 Å². The standard InChI is InChI=1S/C16H11Cl2F2N7O3/c1-27-16(24-25-26-27)23-13(28)7-4-5-9(30-15(19)20)12(10(7)18)22-14(29)11-8(17)3-2-6-21-11/h2-6,15H,1H3,(H,22,29)(H,23,24,26,28). The highest BCUT2D eigenvalue weighted by atomic mass is 35.5. The molecule has 10 nitrogen and oxygen atoms in total. The van der Waals surface area contributed by atoms with Crippen LogP contribution in [-0.2, 0) is 7.05 Å². The zero-order chi connectivity index (χ0) is 21.8. The Kier molecular flexibility index (Phi) is 6.37. The number of nitrogens with one attached hydrogen (secondary N) is 2. The second-order valence-electron chi connectivity index (χ2n) is 5.55. The van der Waals surface area contributed by atoms with Crippen LogP contribution in [0.2, 0.25) is 10.0 Å². The molecule has 0 bridgehead atoms. The van der Waals surface area contributed by atoms with Gasteiger partial charge >= 0.3 is 6.61 Å². The third-order valence-electron chi connectivity index (χ3n) is 3.62. The summed E-state index contributed by atoms with van der Waals surface area (Å²) < 4.78 is 31.2. The number of halogens is 4. The Labute approximate surface area is 177 Å². The lowest BCUT2D eigenvalue weighted by atomic mass is 10.1. The van der Waals surface area contributed by atoms with Crippen molar-refractivity contribution in [1.82, 2.24) is 25.2 Å². The Hall–Kier alpha value is -3.38. The maximum atomic E-state index is 12.8. The quantitative estimate of drug-likeness (QED) is 0.582. The Bertz CT molecular complexity index is 1110. The average Bonchev–Trinajstić information content (AvgIpc) is 3.09. The van der Waals surface area contributed by atoms with Crippen LogP contribution in [0, 0.1) is 0 Å². The van der Waals surface area contributed by atoms with E-state index in [0.29, 0.717) is 0 Å². The average molecular weight is 458 g/mol. The molecule has 2 amide bonds. The summed E-state index contributed by atoms with van der Waals surface area (Å²) in [7, 11) is 1.49. The van der Waals surface area contributed by atoms with Gasteiger partial charge in [0.2, 0.25) is 5.95 Å². The van der Waals surface area contributed by atoms with E-state index in [0.717, 1.165) is 12.1 Å². The number of hydrogen-bond acceptors (Lipinski definition) is 7. The lowest BCUT2D eigenvalue weighted by Gasteiger charge is -2.16. The number of amides is 2. The van der Waals surface area contributed by atoms with Crippen molar-refractivity contribution in [3.63, 3.8) is 0 Å². The summed E-state index contributed by atoms with van der Waals surface area (Å²) in [5.41, 5.74) is -0.714. The van der Waals surface area contributed by atoms with E-state index in [2.05, 4.69) is 35.9 Å². The number of pyridine rings is 1. The molecule has 0 fully saturated rings. The molecule has 30 heavy (non-hydrogen) atoms. The molecule has 0 saturated carbocycles. The monoisotopic (exact) mass is 457 g/mol. The van der Waals surface area contributed by atoms with Gasteiger partial charge in [-0.3, -0.25) is 14.9 Å². The Balaban J connectivity index is 1.97. The second kappa shape index (κ2) is 8.97. The molecule has 0 spiro atoms. The number of anilines is 2. The van der Waals surface area contributed by atoms with Crippen molar-refractivity contribution in [2.45, 2.75) is 6.61 Å². The van der Waals surface area contributed by atoms with Gasteiger partial charge in [-0.1, -0.05) is 28.3 Å². The molecule has 14 heteroatoms. The number of nitrogens with zero attached hydrogens (tertiary/aromatic N) is 5. The predicted molar refractivity (Wildman–Crippen MR) is 102 cm³/mol. The lowest BCUT2D eigenvalue weighted by molar-refractivity contribution is -0.0493. The van der Waals surface area contributed by atoms with Crippen LogP contribution >= 0.6 is 23.2 Å². The molecule has 0 aliphatic rings. The minimum atomic E-state index is -3.21. The highest BCUT2D eigenvalue weighted by Gasteiger charge is 2.23. The number of aromatic nitrogens is 5. The molecular weight excluding hydrogens is 447 g/mol. The van der Waals surface area contributed by atoms with Crippen LogP contribution in [0.1, 0.15) is 20.8 Å². The van der Waals surface area contributed by atoms with Gasteiger partial charge in [0.15, 0.2) is 5.75 Å². The van der Waals surface area contributed by atoms with Crippen molar-refractivity contribution in [2.24, 2.45) is 7.05 Å². The SMILES string of the molecule is Cn1nnnc1NC(=O)c1ccc(OC(F)F)c(NC(=O)c2ncccc2Cl)c1Cl. The van der Waals surface area contributed by atoms with E-state index >= 15 is 0 Å². The second-order valence-corrected chi connectivity index (χ2v) is 6.33. The Morgan fingerprint density at radius 1 is 1.17 bits per heavy atom. The van der Waals surface area contributed by atoms with Gasteiger partial charge in [0.05, 0.1) is 15.6 Å². The van der Waals surface area contributed by atoms with Gasteiger partial charge in [-0.2, -0.15) is 8.78 Å². The fourth-order valence-corrected chi connectivity index (χ4v) is 2.77. The Morgan fingerprint density at radius 2 is 1.93 bits per heavy atom. The number of carbonyl (C=O) groups excluding carboxylic acids is 2. The van der Waals surface area contributed by atoms with Crippen molar-refractivity contribution in [3.05, 3.63) is 51.8 Å². The predicted octanol–water partition coefficient (Wildman–Crippen LogP) is 3.02. The van der Waals surface area contributed by atoms with E-state index in [4.69, 9.17) is 23.2 Å². The van der Waals surface area contributed by atoms with E-state index in [9.17, 15) is 18.4 Å². The summed E-state index contributed by atoms with van der Waals surface area (Å²) in [6.07, 6.45) is 1.32. The van der Waals surface area contributed by atoms with Gasteiger partial charge in [-0.15, -0.1) is 0 Å². The first-order valence-electron chi connectivity index (χ1n) is 8.00. The molecule has 156 valence electrons. The fraction of sp³-hybridized carbons (Fsp3) is 0.125. The third kappa shape index (κ3) is 4.60. The Morgan fingerprint density at radius 3 is 2.57 bits per heavy atom. The van der Waals surface area contributed by atoms with Crippen molar-refractivity contribution < 1.29 is 23.1 Å². The maximum absolute atomic E-state index is 12.8. The molecule has 0 saturated heterocycles. The summed E-state index contributed by atoms with van der Waals surface area (Å²) in [5.74, 6) is -2.06. The number of hydrogen-bond donors (Lipinski definition) is 2. The molecule has 0 aliphatic heterocycles. The lowest BCUT2D eigenvalue weighted by Crippen LogP contribution is -2.19. The van der Waals surface area contributed by atoms with E-state index in [1.54, 1.807) is 0 Å². The number of tetrazole rings is 1. The van der Waals surface area contributed by atoms with Gasteiger partial charge < -0.3 is 10.1 Å². The van der Waals surface area contributed by atoms with Gasteiger partial charge in [0.1, 0.15) is 11.4 Å². The summed E-state index contributed by atoms with van der Waals surface area (Å²) >= 11 is 12.2. The molecule has 3 rings (SSSR count). The fourth-order valence-electron chi connectivity index (χ4n) is 2.27. The van der Waals surface area contributed by atoms with Crippen molar-refractivity contribution in [2.75, 3.05) is 10.6 Å². The molecule has 2 heterocycles. The summed E-state index contributed by atoms with van der Waals surface area (Å²) in [4.78, 5) is 28.9. The first kappa shape index (κ1) is 21.3. The van der Waals surface area contributed by atoms with Gasteiger partial charge in [0.25, 0.3) is 11.8 Å². The van der Waals surface area contributed by atoms with Gasteiger partial charge in [0, 0.05) is 13.2 Å². The highest BCUT2D eigenvalue weighted by molar-refractivity contribution is 6.38. The van der Waals surface area contributed by atoms with Gasteiger partial charge in [-0.25, -0.2) is 9.67 Å². The van der Waals surface area contributed by atoms with Crippen molar-refractivity contribution >= 4 is 46.7 Å². The molecule has 0 unspecified atom stereocenters. The smallest absolute Gasteiger partial charge is 0.387 e. The molecule has 3 aromatic rings. The van der Waals surface area contributed by atoms with Crippen LogP contribution in [0.5, 0.6) is 5.75 Å². The third-order valence-corrected chi connectivity index (χ3v) is 4.32. The number of aryl methyl sites for hydroxylation is 1. The maximum Gasteiger partial charge on any atom is 0.387 e. The normalized spacial score (nSPS) is 10.7. The number of carbonyl (C=O) groups is 2. The van der Waals surface area contributed by atoms with Crippen LogP contribution in [0.3, 0.4) is 0 Å². The van der Waals surface area contributed by atoms with E-state index in [1.807, 2.05) is 0 Å². The van der Waals surface area contributed by atoms with Crippen LogP contribution in [0.25, 0.3) is 0 Å². The van der Waals surface area contributed by atoms with Crippen LogP contribution in [0.15, 0.2) is 30.5 Å². The summed E-state index contributed by atoms with van der Waals surface area (Å²) in [6.45, 7) is -3.21. The molecular formula is C16H11Cl2F2N7O3. The molecule has 1 aromatic carbocycles. The van der Waals surface area contributed by atoms with Crippen molar-refractivity contribution in [1.29, 1.82) is 0 Å². The highest BCUT2D eigenvalue weighted by Crippen LogP contribution is 2.37. The van der Waals surface area contributed by atoms with Gasteiger partial charge in [-0.05, 0) is 34.7 Å². The summed E-state index contributed by atoms with van der Waals surface area (Å²) in [5, 5.41) is 14.9.